The molecule has 0 aliphatic carbocycles. The molecule has 0 aliphatic heterocycles. The fourth-order valence-corrected chi connectivity index (χ4v) is 3.96. The second kappa shape index (κ2) is 7.62. The van der Waals surface area contributed by atoms with Crippen LogP contribution in [0.3, 0.4) is 0 Å². The van der Waals surface area contributed by atoms with Crippen molar-refractivity contribution < 1.29 is 13.2 Å². The second-order valence-corrected chi connectivity index (χ2v) is 7.82. The molecular weight excluding hydrogens is 346 g/mol. The van der Waals surface area contributed by atoms with E-state index < -0.39 is 10.0 Å². The van der Waals surface area contributed by atoms with Gasteiger partial charge in [-0.2, -0.15) is 0 Å². The third-order valence-corrected chi connectivity index (χ3v) is 5.51. The first-order valence-electron chi connectivity index (χ1n) is 8.31. The Morgan fingerprint density at radius 2 is 1.58 bits per heavy atom. The van der Waals surface area contributed by atoms with Gasteiger partial charge in [-0.05, 0) is 60.9 Å². The topological polar surface area (TPSA) is 55.4 Å². The number of nitrogens with one attached hydrogen (secondary N) is 1. The summed E-state index contributed by atoms with van der Waals surface area (Å²) in [5.74, 6) is 0.684. The van der Waals surface area contributed by atoms with Crippen molar-refractivity contribution in [2.24, 2.45) is 0 Å². The van der Waals surface area contributed by atoms with Crippen LogP contribution in [0.25, 0.3) is 0 Å². The molecule has 0 saturated heterocycles. The van der Waals surface area contributed by atoms with E-state index in [0.717, 1.165) is 11.1 Å². The summed E-state index contributed by atoms with van der Waals surface area (Å²) in [5.41, 5.74) is 3.19. The van der Waals surface area contributed by atoms with Gasteiger partial charge in [-0.3, -0.25) is 4.72 Å². The van der Waals surface area contributed by atoms with E-state index in [2.05, 4.69) is 4.72 Å². The van der Waals surface area contributed by atoms with Crippen molar-refractivity contribution in [3.05, 3.63) is 89.5 Å². The SMILES string of the molecule is Cc1ccc(C)c(S(=O)(=O)Nc2ccc(OCc3ccccc3)cc2)c1. The standard InChI is InChI=1S/C21H21NO3S/c1-16-8-9-17(2)21(14-16)26(23,24)22-19-10-12-20(13-11-19)25-15-18-6-4-3-5-7-18/h3-14,22H,15H2,1-2H3. The van der Waals surface area contributed by atoms with Gasteiger partial charge in [0.1, 0.15) is 12.4 Å². The molecule has 4 nitrogen and oxygen atoms in total. The molecular formula is C21H21NO3S. The molecule has 0 heterocycles. The molecule has 0 bridgehead atoms. The van der Waals surface area contributed by atoms with E-state index in [0.29, 0.717) is 28.5 Å². The van der Waals surface area contributed by atoms with Crippen LogP contribution in [-0.2, 0) is 16.6 Å². The molecule has 26 heavy (non-hydrogen) atoms. The minimum Gasteiger partial charge on any atom is -0.489 e. The minimum absolute atomic E-state index is 0.293. The van der Waals surface area contributed by atoms with Crippen LogP contribution in [0.1, 0.15) is 16.7 Å². The van der Waals surface area contributed by atoms with Gasteiger partial charge in [0.25, 0.3) is 10.0 Å². The van der Waals surface area contributed by atoms with E-state index in [1.54, 1.807) is 37.3 Å². The summed E-state index contributed by atoms with van der Waals surface area (Å²) < 4.78 is 33.6. The highest BCUT2D eigenvalue weighted by molar-refractivity contribution is 7.92. The Bertz CT molecular complexity index is 982. The van der Waals surface area contributed by atoms with Crippen LogP contribution in [0.5, 0.6) is 5.75 Å². The summed E-state index contributed by atoms with van der Waals surface area (Å²) in [4.78, 5) is 0.293. The third kappa shape index (κ3) is 4.43. The van der Waals surface area contributed by atoms with Crippen molar-refractivity contribution >= 4 is 15.7 Å². The number of benzene rings is 3. The zero-order valence-electron chi connectivity index (χ0n) is 14.8. The minimum atomic E-state index is -3.63. The van der Waals surface area contributed by atoms with Gasteiger partial charge in [-0.1, -0.05) is 42.5 Å². The van der Waals surface area contributed by atoms with Crippen LogP contribution in [-0.4, -0.2) is 8.42 Å². The maximum Gasteiger partial charge on any atom is 0.262 e. The monoisotopic (exact) mass is 367 g/mol. The summed E-state index contributed by atoms with van der Waals surface area (Å²) in [5, 5.41) is 0. The predicted octanol–water partition coefficient (Wildman–Crippen LogP) is 4.68. The van der Waals surface area contributed by atoms with Crippen LogP contribution in [0.2, 0.25) is 0 Å². The van der Waals surface area contributed by atoms with E-state index in [4.69, 9.17) is 4.74 Å². The van der Waals surface area contributed by atoms with Gasteiger partial charge in [0, 0.05) is 5.69 Å². The average Bonchev–Trinajstić information content (AvgIpc) is 2.64. The van der Waals surface area contributed by atoms with E-state index in [1.807, 2.05) is 49.4 Å². The Balaban J connectivity index is 1.69. The van der Waals surface area contributed by atoms with Crippen molar-refractivity contribution in [1.29, 1.82) is 0 Å². The summed E-state index contributed by atoms with van der Waals surface area (Å²) in [6, 6.07) is 22.2. The van der Waals surface area contributed by atoms with Crippen molar-refractivity contribution in [3.8, 4) is 5.75 Å². The molecule has 134 valence electrons. The first-order chi connectivity index (χ1) is 12.4. The van der Waals surface area contributed by atoms with Gasteiger partial charge in [-0.25, -0.2) is 8.42 Å². The van der Waals surface area contributed by atoms with Crippen LogP contribution in [0, 0.1) is 13.8 Å². The van der Waals surface area contributed by atoms with Crippen molar-refractivity contribution in [2.75, 3.05) is 4.72 Å². The van der Waals surface area contributed by atoms with E-state index in [9.17, 15) is 8.42 Å². The van der Waals surface area contributed by atoms with Gasteiger partial charge in [0.2, 0.25) is 0 Å². The quantitative estimate of drug-likeness (QED) is 0.688. The molecule has 5 heteroatoms. The molecule has 0 aromatic heterocycles. The zero-order valence-corrected chi connectivity index (χ0v) is 15.6. The molecule has 0 spiro atoms. The lowest BCUT2D eigenvalue weighted by Gasteiger charge is -2.12. The molecule has 0 radical (unpaired) electrons. The van der Waals surface area contributed by atoms with Crippen molar-refractivity contribution in [3.63, 3.8) is 0 Å². The van der Waals surface area contributed by atoms with Gasteiger partial charge >= 0.3 is 0 Å². The summed E-state index contributed by atoms with van der Waals surface area (Å²) in [6.45, 7) is 4.13. The van der Waals surface area contributed by atoms with E-state index >= 15 is 0 Å². The Morgan fingerprint density at radius 1 is 0.885 bits per heavy atom. The predicted molar refractivity (Wildman–Crippen MR) is 104 cm³/mol. The number of sulfonamides is 1. The Morgan fingerprint density at radius 3 is 2.27 bits per heavy atom. The molecule has 0 aliphatic rings. The van der Waals surface area contributed by atoms with Gasteiger partial charge in [-0.15, -0.1) is 0 Å². The number of ether oxygens (including phenoxy) is 1. The van der Waals surface area contributed by atoms with Gasteiger partial charge in [0.15, 0.2) is 0 Å². The van der Waals surface area contributed by atoms with Crippen LogP contribution < -0.4 is 9.46 Å². The summed E-state index contributed by atoms with van der Waals surface area (Å²) in [7, 11) is -3.63. The van der Waals surface area contributed by atoms with Crippen molar-refractivity contribution in [1.82, 2.24) is 0 Å². The number of aryl methyl sites for hydroxylation is 2. The normalized spacial score (nSPS) is 11.2. The lowest BCUT2D eigenvalue weighted by Crippen LogP contribution is -2.14. The maximum absolute atomic E-state index is 12.6. The van der Waals surface area contributed by atoms with Gasteiger partial charge in [0.05, 0.1) is 4.90 Å². The average molecular weight is 367 g/mol. The lowest BCUT2D eigenvalue weighted by atomic mass is 10.2. The van der Waals surface area contributed by atoms with Crippen LogP contribution >= 0.6 is 0 Å². The summed E-state index contributed by atoms with van der Waals surface area (Å²) in [6.07, 6.45) is 0. The summed E-state index contributed by atoms with van der Waals surface area (Å²) >= 11 is 0. The van der Waals surface area contributed by atoms with E-state index in [1.165, 1.54) is 0 Å². The van der Waals surface area contributed by atoms with Crippen LogP contribution in [0.4, 0.5) is 5.69 Å². The zero-order chi connectivity index (χ0) is 18.6. The molecule has 3 aromatic rings. The molecule has 0 unspecified atom stereocenters. The largest absolute Gasteiger partial charge is 0.489 e. The first-order valence-corrected chi connectivity index (χ1v) is 9.79. The maximum atomic E-state index is 12.6. The highest BCUT2D eigenvalue weighted by Gasteiger charge is 2.17. The fraction of sp³-hybridized carbons (Fsp3) is 0.143. The lowest BCUT2D eigenvalue weighted by molar-refractivity contribution is 0.306. The number of anilines is 1. The molecule has 0 fully saturated rings. The van der Waals surface area contributed by atoms with Crippen LogP contribution in [0.15, 0.2) is 77.7 Å². The fourth-order valence-electron chi connectivity index (χ4n) is 2.57. The Labute approximate surface area is 154 Å². The second-order valence-electron chi connectivity index (χ2n) is 6.17. The van der Waals surface area contributed by atoms with Crippen molar-refractivity contribution in [2.45, 2.75) is 25.3 Å². The third-order valence-electron chi connectivity index (χ3n) is 3.99. The Kier molecular flexibility index (Phi) is 5.28. The first kappa shape index (κ1) is 18.0. The highest BCUT2D eigenvalue weighted by atomic mass is 32.2. The Hall–Kier alpha value is -2.79. The highest BCUT2D eigenvalue weighted by Crippen LogP contribution is 2.22. The molecule has 0 amide bonds. The number of hydrogen-bond donors (Lipinski definition) is 1. The smallest absolute Gasteiger partial charge is 0.262 e. The molecule has 0 atom stereocenters. The molecule has 0 saturated carbocycles. The number of hydrogen-bond acceptors (Lipinski definition) is 3. The molecule has 1 N–H and O–H groups in total. The molecule has 3 rings (SSSR count). The number of rotatable bonds is 6. The van der Waals surface area contributed by atoms with Gasteiger partial charge < -0.3 is 4.74 Å². The molecule has 3 aromatic carbocycles. The van der Waals surface area contributed by atoms with E-state index in [-0.39, 0.29) is 0 Å².